The molecule has 0 aliphatic heterocycles. The Labute approximate surface area is 202 Å². The first-order valence-electron chi connectivity index (χ1n) is 11.3. The molecule has 0 radical (unpaired) electrons. The second kappa shape index (κ2) is 8.94. The second-order valence-electron chi connectivity index (χ2n) is 9.35. The van der Waals surface area contributed by atoms with E-state index >= 15 is 4.39 Å². The zero-order valence-corrected chi connectivity index (χ0v) is 20.3. The molecular weight excluding hydrogens is 447 g/mol. The highest BCUT2D eigenvalue weighted by Gasteiger charge is 2.31. The Morgan fingerprint density at radius 2 is 1.83 bits per heavy atom. The number of rotatable bonds is 5. The van der Waals surface area contributed by atoms with Gasteiger partial charge < -0.3 is 10.5 Å². The molecule has 0 saturated carbocycles. The molecule has 4 rings (SSSR count). The number of aromatic nitrogens is 3. The summed E-state index contributed by atoms with van der Waals surface area (Å²) in [6, 6.07) is 10.5. The molecular formula is C27H27FN4O3. The minimum Gasteiger partial charge on any atom is -0.462 e. The first-order valence-corrected chi connectivity index (χ1v) is 11.3. The zero-order valence-electron chi connectivity index (χ0n) is 20.3. The maximum Gasteiger partial charge on any atom is 0.343 e. The highest BCUT2D eigenvalue weighted by atomic mass is 19.1. The number of benzene rings is 2. The molecule has 0 amide bonds. The number of esters is 1. The summed E-state index contributed by atoms with van der Waals surface area (Å²) in [7, 11) is 0. The van der Waals surface area contributed by atoms with Crippen LogP contribution in [0.2, 0.25) is 0 Å². The predicted molar refractivity (Wildman–Crippen MR) is 134 cm³/mol. The quantitative estimate of drug-likeness (QED) is 0.282. The van der Waals surface area contributed by atoms with E-state index in [2.05, 4.69) is 15.2 Å². The summed E-state index contributed by atoms with van der Waals surface area (Å²) in [5, 5.41) is 7.58. The number of nitrogens with zero attached hydrogens (tertiary/aromatic N) is 2. The van der Waals surface area contributed by atoms with E-state index < -0.39 is 22.8 Å². The topological polar surface area (TPSA) is 111 Å². The van der Waals surface area contributed by atoms with Crippen LogP contribution in [0.1, 0.15) is 54.0 Å². The Kier molecular flexibility index (Phi) is 6.15. The van der Waals surface area contributed by atoms with Gasteiger partial charge in [-0.3, -0.25) is 9.89 Å². The molecule has 0 saturated heterocycles. The Bertz CT molecular complexity index is 1470. The highest BCUT2D eigenvalue weighted by Crippen LogP contribution is 2.40. The third-order valence-corrected chi connectivity index (χ3v) is 5.83. The number of carbonyl (C=O) groups is 2. The summed E-state index contributed by atoms with van der Waals surface area (Å²) < 4.78 is 21.1. The normalized spacial score (nSPS) is 11.6. The molecule has 0 aliphatic rings. The van der Waals surface area contributed by atoms with Crippen LogP contribution in [-0.4, -0.2) is 33.5 Å². The number of hydrogen-bond donors (Lipinski definition) is 2. The van der Waals surface area contributed by atoms with Gasteiger partial charge in [-0.2, -0.15) is 5.10 Å². The first kappa shape index (κ1) is 24.1. The lowest BCUT2D eigenvalue weighted by Gasteiger charge is -2.21. The minimum atomic E-state index is -0.899. The fourth-order valence-electron chi connectivity index (χ4n) is 4.08. The Hall–Kier alpha value is -4.07. The van der Waals surface area contributed by atoms with Crippen molar-refractivity contribution in [3.8, 4) is 22.5 Å². The summed E-state index contributed by atoms with van der Waals surface area (Å²) in [5.74, 6) is -1.92. The number of halogens is 1. The number of fused-ring (bicyclic) bond motifs is 1. The molecule has 2 aromatic carbocycles. The molecule has 0 fully saturated rings. The standard InChI is InChI=1S/C27H27FN4O3/c1-6-35-26(34)20-21(28)24(19-14(2)11-12-18-17(19)13-30-32-18)31-23(22(20)29)15-9-7-8-10-16(15)25(33)27(3,4)5/h7-13H,6,29H2,1-5H3,(H,30,32). The van der Waals surface area contributed by atoms with E-state index in [-0.39, 0.29) is 29.5 Å². The average molecular weight is 475 g/mol. The molecule has 3 N–H and O–H groups in total. The van der Waals surface area contributed by atoms with Gasteiger partial charge in [0.05, 0.1) is 29.7 Å². The van der Waals surface area contributed by atoms with Crippen molar-refractivity contribution < 1.29 is 18.7 Å². The van der Waals surface area contributed by atoms with E-state index in [1.807, 2.05) is 39.8 Å². The fraction of sp³-hybridized carbons (Fsp3) is 0.259. The number of nitrogens with one attached hydrogen (secondary N) is 1. The Balaban J connectivity index is 2.11. The lowest BCUT2D eigenvalue weighted by atomic mass is 9.83. The number of aromatic amines is 1. The van der Waals surface area contributed by atoms with Gasteiger partial charge in [0.1, 0.15) is 11.3 Å². The van der Waals surface area contributed by atoms with Crippen LogP contribution in [0.3, 0.4) is 0 Å². The second-order valence-corrected chi connectivity index (χ2v) is 9.35. The molecule has 2 aromatic heterocycles. The number of ketones is 1. The summed E-state index contributed by atoms with van der Waals surface area (Å²) in [4.78, 5) is 30.8. The summed E-state index contributed by atoms with van der Waals surface area (Å²) >= 11 is 0. The lowest BCUT2D eigenvalue weighted by Crippen LogP contribution is -2.21. The lowest BCUT2D eigenvalue weighted by molar-refractivity contribution is 0.0522. The number of pyridine rings is 1. The summed E-state index contributed by atoms with van der Waals surface area (Å²) in [6.07, 6.45) is 1.58. The van der Waals surface area contributed by atoms with Crippen LogP contribution in [0, 0.1) is 18.2 Å². The number of anilines is 1. The van der Waals surface area contributed by atoms with Gasteiger partial charge in [-0.1, -0.05) is 51.1 Å². The molecule has 2 heterocycles. The maximum atomic E-state index is 16.0. The van der Waals surface area contributed by atoms with Crippen LogP contribution < -0.4 is 5.73 Å². The molecule has 0 spiro atoms. The molecule has 0 bridgehead atoms. The number of hydrogen-bond acceptors (Lipinski definition) is 6. The van der Waals surface area contributed by atoms with Gasteiger partial charge in [0.15, 0.2) is 11.6 Å². The molecule has 4 aromatic rings. The number of aryl methyl sites for hydroxylation is 1. The largest absolute Gasteiger partial charge is 0.462 e. The van der Waals surface area contributed by atoms with Crippen molar-refractivity contribution in [2.24, 2.45) is 5.41 Å². The van der Waals surface area contributed by atoms with E-state index in [4.69, 9.17) is 10.5 Å². The number of nitrogens with two attached hydrogens (primary N) is 1. The van der Waals surface area contributed by atoms with Gasteiger partial charge in [0.2, 0.25) is 0 Å². The van der Waals surface area contributed by atoms with Crippen LogP contribution in [-0.2, 0) is 4.74 Å². The van der Waals surface area contributed by atoms with Crippen molar-refractivity contribution in [2.45, 2.75) is 34.6 Å². The number of ether oxygens (including phenoxy) is 1. The maximum absolute atomic E-state index is 16.0. The van der Waals surface area contributed by atoms with E-state index in [0.29, 0.717) is 27.6 Å². The SMILES string of the molecule is CCOC(=O)c1c(N)c(-c2ccccc2C(=O)C(C)(C)C)nc(-c2c(C)ccc3[nH]ncc23)c1F. The first-order chi connectivity index (χ1) is 16.6. The molecule has 7 nitrogen and oxygen atoms in total. The van der Waals surface area contributed by atoms with E-state index in [9.17, 15) is 9.59 Å². The van der Waals surface area contributed by atoms with Crippen molar-refractivity contribution in [3.05, 3.63) is 65.1 Å². The molecule has 0 atom stereocenters. The summed E-state index contributed by atoms with van der Waals surface area (Å²) in [5.41, 5.74) is 7.84. The van der Waals surface area contributed by atoms with Crippen molar-refractivity contribution >= 4 is 28.3 Å². The zero-order chi connectivity index (χ0) is 25.5. The molecule has 8 heteroatoms. The van der Waals surface area contributed by atoms with Crippen LogP contribution >= 0.6 is 0 Å². The van der Waals surface area contributed by atoms with Gasteiger partial charge in [-0.15, -0.1) is 0 Å². The third-order valence-electron chi connectivity index (χ3n) is 5.83. The third kappa shape index (κ3) is 4.16. The van der Waals surface area contributed by atoms with Gasteiger partial charge >= 0.3 is 5.97 Å². The van der Waals surface area contributed by atoms with Gasteiger partial charge in [-0.25, -0.2) is 14.2 Å². The fourth-order valence-corrected chi connectivity index (χ4v) is 4.08. The van der Waals surface area contributed by atoms with E-state index in [1.165, 1.54) is 0 Å². The van der Waals surface area contributed by atoms with Crippen molar-refractivity contribution in [1.82, 2.24) is 15.2 Å². The number of H-pyrrole nitrogens is 1. The minimum absolute atomic E-state index is 0.0418. The molecule has 35 heavy (non-hydrogen) atoms. The molecule has 0 aliphatic carbocycles. The molecule has 180 valence electrons. The number of carbonyl (C=O) groups excluding carboxylic acids is 2. The average Bonchev–Trinajstić information content (AvgIpc) is 3.28. The molecule has 0 unspecified atom stereocenters. The van der Waals surface area contributed by atoms with Crippen molar-refractivity contribution in [2.75, 3.05) is 12.3 Å². The van der Waals surface area contributed by atoms with E-state index in [1.54, 1.807) is 37.4 Å². The van der Waals surface area contributed by atoms with Crippen molar-refractivity contribution in [1.29, 1.82) is 0 Å². The van der Waals surface area contributed by atoms with Gasteiger partial charge in [0, 0.05) is 27.5 Å². The van der Waals surface area contributed by atoms with Crippen LogP contribution in [0.4, 0.5) is 10.1 Å². The van der Waals surface area contributed by atoms with Gasteiger partial charge in [0.25, 0.3) is 0 Å². The monoisotopic (exact) mass is 474 g/mol. The Morgan fingerprint density at radius 1 is 1.11 bits per heavy atom. The van der Waals surface area contributed by atoms with Crippen LogP contribution in [0.15, 0.2) is 42.6 Å². The highest BCUT2D eigenvalue weighted by molar-refractivity contribution is 6.08. The summed E-state index contributed by atoms with van der Waals surface area (Å²) in [6.45, 7) is 8.92. The number of nitrogen functional groups attached to an aromatic ring is 1. The van der Waals surface area contributed by atoms with Crippen LogP contribution in [0.25, 0.3) is 33.4 Å². The van der Waals surface area contributed by atoms with Gasteiger partial charge in [-0.05, 0) is 25.5 Å². The predicted octanol–water partition coefficient (Wildman–Crippen LogP) is 5.73. The number of Topliss-reactive ketones (excluding diaryl/α,β-unsaturated/α-hetero) is 1. The van der Waals surface area contributed by atoms with Crippen LogP contribution in [0.5, 0.6) is 0 Å². The Morgan fingerprint density at radius 3 is 2.51 bits per heavy atom. The van der Waals surface area contributed by atoms with Crippen molar-refractivity contribution in [3.63, 3.8) is 0 Å². The smallest absolute Gasteiger partial charge is 0.343 e. The van der Waals surface area contributed by atoms with E-state index in [0.717, 1.165) is 5.56 Å².